The maximum atomic E-state index is 12.5. The van der Waals surface area contributed by atoms with Gasteiger partial charge >= 0.3 is 0 Å². The minimum Gasteiger partial charge on any atom is -0.343 e. The summed E-state index contributed by atoms with van der Waals surface area (Å²) < 4.78 is 2.96. The number of nitrogens with one attached hydrogen (secondary N) is 1. The van der Waals surface area contributed by atoms with E-state index in [4.69, 9.17) is 0 Å². The van der Waals surface area contributed by atoms with Crippen molar-refractivity contribution in [3.8, 4) is 0 Å². The second-order valence-electron chi connectivity index (χ2n) is 4.71. The molecule has 100 valence electrons. The normalized spacial score (nSPS) is 20.2. The molecule has 1 amide bonds. The predicted molar refractivity (Wildman–Crippen MR) is 75.8 cm³/mol. The van der Waals surface area contributed by atoms with Gasteiger partial charge in [0, 0.05) is 36.3 Å². The predicted octanol–water partition coefficient (Wildman–Crippen LogP) is 2.09. The molecule has 2 rings (SSSR count). The molecule has 18 heavy (non-hydrogen) atoms. The summed E-state index contributed by atoms with van der Waals surface area (Å²) in [5, 5.41) is 3.26. The van der Waals surface area contributed by atoms with Gasteiger partial charge in [-0.05, 0) is 48.8 Å². The van der Waals surface area contributed by atoms with E-state index in [1.807, 2.05) is 28.8 Å². The first-order valence-electron chi connectivity index (χ1n) is 6.48. The smallest absolute Gasteiger partial charge is 0.270 e. The van der Waals surface area contributed by atoms with Crippen molar-refractivity contribution in [2.24, 2.45) is 0 Å². The highest BCUT2D eigenvalue weighted by atomic mass is 79.9. The van der Waals surface area contributed by atoms with Gasteiger partial charge in [0.2, 0.25) is 0 Å². The Morgan fingerprint density at radius 1 is 1.61 bits per heavy atom. The van der Waals surface area contributed by atoms with E-state index in [-0.39, 0.29) is 5.91 Å². The van der Waals surface area contributed by atoms with Gasteiger partial charge in [-0.1, -0.05) is 0 Å². The van der Waals surface area contributed by atoms with Gasteiger partial charge in [-0.15, -0.1) is 0 Å². The molecule has 0 radical (unpaired) electrons. The Balaban J connectivity index is 2.14. The molecule has 4 nitrogen and oxygen atoms in total. The number of likely N-dealkylation sites (tertiary alicyclic amines) is 1. The topological polar surface area (TPSA) is 37.3 Å². The van der Waals surface area contributed by atoms with Crippen LogP contribution in [0.25, 0.3) is 0 Å². The molecule has 0 saturated carbocycles. The van der Waals surface area contributed by atoms with E-state index in [9.17, 15) is 4.79 Å². The first kappa shape index (κ1) is 13.6. The molecule has 0 aliphatic carbocycles. The highest BCUT2D eigenvalue weighted by molar-refractivity contribution is 9.10. The summed E-state index contributed by atoms with van der Waals surface area (Å²) in [5.41, 5.74) is 0.779. The summed E-state index contributed by atoms with van der Waals surface area (Å²) >= 11 is 3.44. The molecule has 0 aromatic carbocycles. The summed E-state index contributed by atoms with van der Waals surface area (Å²) in [6, 6.07) is 2.34. The Labute approximate surface area is 116 Å². The molecular weight excluding hydrogens is 294 g/mol. The fourth-order valence-corrected chi connectivity index (χ4v) is 2.94. The molecule has 1 aliphatic rings. The van der Waals surface area contributed by atoms with Crippen molar-refractivity contribution >= 4 is 21.8 Å². The summed E-state index contributed by atoms with van der Waals surface area (Å²) in [5.74, 6) is 0.141. The monoisotopic (exact) mass is 313 g/mol. The van der Waals surface area contributed by atoms with E-state index in [0.717, 1.165) is 42.6 Å². The first-order chi connectivity index (χ1) is 8.65. The number of amides is 1. The average Bonchev–Trinajstić information content (AvgIpc) is 2.79. The van der Waals surface area contributed by atoms with Crippen molar-refractivity contribution in [3.63, 3.8) is 0 Å². The molecule has 0 spiro atoms. The molecular formula is C13H20BrN3O. The molecule has 1 aromatic heterocycles. The quantitative estimate of drug-likeness (QED) is 0.928. The Kier molecular flexibility index (Phi) is 4.45. The number of nitrogens with zero attached hydrogens (tertiary/aromatic N) is 2. The Morgan fingerprint density at radius 3 is 3.06 bits per heavy atom. The highest BCUT2D eigenvalue weighted by Gasteiger charge is 2.25. The van der Waals surface area contributed by atoms with Gasteiger partial charge in [-0.25, -0.2) is 0 Å². The maximum Gasteiger partial charge on any atom is 0.270 e. The Hall–Kier alpha value is -0.810. The van der Waals surface area contributed by atoms with Gasteiger partial charge in [-0.3, -0.25) is 4.79 Å². The number of carbonyl (C=O) groups is 1. The number of carbonyl (C=O) groups excluding carboxylic acids is 1. The molecule has 1 N–H and O–H groups in total. The molecule has 2 heterocycles. The van der Waals surface area contributed by atoms with Crippen LogP contribution in [0.2, 0.25) is 0 Å². The maximum absolute atomic E-state index is 12.5. The number of aromatic nitrogens is 1. The number of rotatable bonds is 3. The molecule has 0 bridgehead atoms. The van der Waals surface area contributed by atoms with Crippen LogP contribution in [0.3, 0.4) is 0 Å². The number of halogens is 1. The Bertz CT molecular complexity index is 430. The van der Waals surface area contributed by atoms with Gasteiger partial charge in [-0.2, -0.15) is 0 Å². The first-order valence-corrected chi connectivity index (χ1v) is 7.27. The number of likely N-dealkylation sites (N-methyl/N-ethyl adjacent to an activating group) is 1. The van der Waals surface area contributed by atoms with E-state index in [1.54, 1.807) is 0 Å². The van der Waals surface area contributed by atoms with Crippen LogP contribution in [0, 0.1) is 0 Å². The highest BCUT2D eigenvalue weighted by Crippen LogP contribution is 2.19. The lowest BCUT2D eigenvalue weighted by atomic mass is 10.1. The SMILES string of the molecule is CCn1cc(Br)cc1C(=O)N1CCCC(NC)C1. The van der Waals surface area contributed by atoms with Gasteiger partial charge in [0.25, 0.3) is 5.91 Å². The van der Waals surface area contributed by atoms with Crippen molar-refractivity contribution in [1.82, 2.24) is 14.8 Å². The summed E-state index contributed by atoms with van der Waals surface area (Å²) in [6.45, 7) is 4.54. The van der Waals surface area contributed by atoms with Gasteiger partial charge in [0.15, 0.2) is 0 Å². The largest absolute Gasteiger partial charge is 0.343 e. The Morgan fingerprint density at radius 2 is 2.39 bits per heavy atom. The standard InChI is InChI=1S/C13H20BrN3O/c1-3-16-8-10(14)7-12(16)13(18)17-6-4-5-11(9-17)15-2/h7-8,11,15H,3-6,9H2,1-2H3. The third kappa shape index (κ3) is 2.78. The summed E-state index contributed by atoms with van der Waals surface area (Å²) in [6.07, 6.45) is 4.19. The van der Waals surface area contributed by atoms with Crippen LogP contribution in [0.5, 0.6) is 0 Å². The molecule has 1 saturated heterocycles. The lowest BCUT2D eigenvalue weighted by molar-refractivity contribution is 0.0687. The third-order valence-electron chi connectivity index (χ3n) is 3.54. The van der Waals surface area contributed by atoms with Crippen molar-refractivity contribution in [1.29, 1.82) is 0 Å². The average molecular weight is 314 g/mol. The van der Waals surface area contributed by atoms with E-state index in [0.29, 0.717) is 6.04 Å². The summed E-state index contributed by atoms with van der Waals surface area (Å²) in [4.78, 5) is 14.5. The van der Waals surface area contributed by atoms with Crippen LogP contribution in [-0.2, 0) is 6.54 Å². The molecule has 1 atom stereocenters. The lowest BCUT2D eigenvalue weighted by Gasteiger charge is -2.32. The number of hydrogen-bond donors (Lipinski definition) is 1. The van der Waals surface area contributed by atoms with Crippen LogP contribution in [0.1, 0.15) is 30.3 Å². The second-order valence-corrected chi connectivity index (χ2v) is 5.62. The zero-order chi connectivity index (χ0) is 13.1. The van der Waals surface area contributed by atoms with E-state index >= 15 is 0 Å². The zero-order valence-electron chi connectivity index (χ0n) is 10.9. The van der Waals surface area contributed by atoms with Crippen LogP contribution >= 0.6 is 15.9 Å². The van der Waals surface area contributed by atoms with Crippen LogP contribution in [0.15, 0.2) is 16.7 Å². The molecule has 1 aromatic rings. The number of aryl methyl sites for hydroxylation is 1. The third-order valence-corrected chi connectivity index (χ3v) is 3.97. The van der Waals surface area contributed by atoms with E-state index in [1.165, 1.54) is 0 Å². The van der Waals surface area contributed by atoms with Crippen molar-refractivity contribution in [2.75, 3.05) is 20.1 Å². The summed E-state index contributed by atoms with van der Waals surface area (Å²) in [7, 11) is 1.96. The minimum absolute atomic E-state index is 0.141. The van der Waals surface area contributed by atoms with Crippen molar-refractivity contribution in [2.45, 2.75) is 32.4 Å². The molecule has 1 fully saturated rings. The number of piperidine rings is 1. The zero-order valence-corrected chi connectivity index (χ0v) is 12.5. The van der Waals surface area contributed by atoms with E-state index in [2.05, 4.69) is 28.2 Å². The second kappa shape index (κ2) is 5.89. The van der Waals surface area contributed by atoms with Gasteiger partial charge in [0.1, 0.15) is 5.69 Å². The fraction of sp³-hybridized carbons (Fsp3) is 0.615. The van der Waals surface area contributed by atoms with Crippen molar-refractivity contribution < 1.29 is 4.79 Å². The van der Waals surface area contributed by atoms with Crippen LogP contribution < -0.4 is 5.32 Å². The fourth-order valence-electron chi connectivity index (χ4n) is 2.47. The van der Waals surface area contributed by atoms with Crippen LogP contribution in [0.4, 0.5) is 0 Å². The van der Waals surface area contributed by atoms with Crippen LogP contribution in [-0.4, -0.2) is 41.6 Å². The molecule has 1 aliphatic heterocycles. The van der Waals surface area contributed by atoms with E-state index < -0.39 is 0 Å². The van der Waals surface area contributed by atoms with Gasteiger partial charge in [0.05, 0.1) is 0 Å². The van der Waals surface area contributed by atoms with Gasteiger partial charge < -0.3 is 14.8 Å². The number of hydrogen-bond acceptors (Lipinski definition) is 2. The molecule has 1 unspecified atom stereocenters. The minimum atomic E-state index is 0.141. The lowest BCUT2D eigenvalue weighted by Crippen LogP contribution is -2.47. The molecule has 5 heteroatoms. The van der Waals surface area contributed by atoms with Crippen molar-refractivity contribution in [3.05, 3.63) is 22.4 Å².